The van der Waals surface area contributed by atoms with Gasteiger partial charge in [-0.05, 0) is 31.4 Å². The van der Waals surface area contributed by atoms with Crippen LogP contribution >= 0.6 is 0 Å². The Labute approximate surface area is 138 Å². The van der Waals surface area contributed by atoms with Crippen molar-refractivity contribution in [2.45, 2.75) is 26.2 Å². The fraction of sp³-hybridized carbons (Fsp3) is 0.444. The Balaban J connectivity index is 1.87. The lowest BCUT2D eigenvalue weighted by molar-refractivity contribution is 0.470. The van der Waals surface area contributed by atoms with Crippen molar-refractivity contribution in [1.29, 1.82) is 0 Å². The minimum atomic E-state index is 0.821. The number of guanidine groups is 1. The molecule has 0 aromatic carbocycles. The molecule has 0 saturated heterocycles. The molecule has 5 heteroatoms. The van der Waals surface area contributed by atoms with Crippen LogP contribution in [0, 0.1) is 6.92 Å². The second-order valence-corrected chi connectivity index (χ2v) is 5.73. The van der Waals surface area contributed by atoms with E-state index in [2.05, 4.69) is 52.4 Å². The number of nitrogens with one attached hydrogen (secondary N) is 1. The zero-order valence-corrected chi connectivity index (χ0v) is 14.4. The molecule has 2 heterocycles. The molecule has 2 aromatic heterocycles. The summed E-state index contributed by atoms with van der Waals surface area (Å²) in [6.45, 7) is 7.64. The Morgan fingerprint density at radius 1 is 1.52 bits per heavy atom. The van der Waals surface area contributed by atoms with Gasteiger partial charge in [-0.1, -0.05) is 12.1 Å². The second kappa shape index (κ2) is 8.36. The maximum Gasteiger partial charge on any atom is 0.193 e. The maximum atomic E-state index is 4.70. The number of unbranched alkanes of at least 4 members (excludes halogenated alkanes) is 1. The van der Waals surface area contributed by atoms with Crippen molar-refractivity contribution in [3.05, 3.63) is 48.4 Å². The van der Waals surface area contributed by atoms with Crippen molar-refractivity contribution in [3.8, 4) is 0 Å². The molecule has 0 radical (unpaired) electrons. The van der Waals surface area contributed by atoms with E-state index in [1.54, 1.807) is 0 Å². The summed E-state index contributed by atoms with van der Waals surface area (Å²) in [6, 6.07) is 4.14. The van der Waals surface area contributed by atoms with Gasteiger partial charge in [-0.3, -0.25) is 4.99 Å². The molecule has 0 unspecified atom stereocenters. The molecule has 0 aliphatic carbocycles. The largest absolute Gasteiger partial charge is 0.356 e. The van der Waals surface area contributed by atoms with Crippen LogP contribution in [-0.2, 0) is 6.42 Å². The molecule has 0 saturated carbocycles. The number of aromatic nitrogens is 2. The Bertz CT molecular complexity index is 671. The van der Waals surface area contributed by atoms with Crippen molar-refractivity contribution in [2.24, 2.45) is 4.99 Å². The molecular formula is C18H27N5. The number of allylic oxidation sites excluding steroid dienone is 1. The lowest BCUT2D eigenvalue weighted by atomic mass is 10.3. The van der Waals surface area contributed by atoms with Crippen molar-refractivity contribution in [1.82, 2.24) is 19.6 Å². The minimum absolute atomic E-state index is 0.821. The number of imidazole rings is 1. The Morgan fingerprint density at radius 2 is 2.35 bits per heavy atom. The van der Waals surface area contributed by atoms with E-state index in [-0.39, 0.29) is 0 Å². The first-order chi connectivity index (χ1) is 11.2. The summed E-state index contributed by atoms with van der Waals surface area (Å²) in [6.07, 6.45) is 9.09. The lowest BCUT2D eigenvalue weighted by Crippen LogP contribution is -2.40. The van der Waals surface area contributed by atoms with E-state index >= 15 is 0 Å². The first kappa shape index (κ1) is 17.1. The Kier molecular flexibility index (Phi) is 6.20. The highest BCUT2D eigenvalue weighted by Crippen LogP contribution is 2.10. The van der Waals surface area contributed by atoms with Crippen LogP contribution in [0.5, 0.6) is 0 Å². The van der Waals surface area contributed by atoms with Crippen LogP contribution in [0.4, 0.5) is 0 Å². The summed E-state index contributed by atoms with van der Waals surface area (Å²) in [5.74, 6) is 0.925. The number of nitrogens with zero attached hydrogens (tertiary/aromatic N) is 4. The van der Waals surface area contributed by atoms with E-state index in [0.717, 1.165) is 49.7 Å². The minimum Gasteiger partial charge on any atom is -0.356 e. The SMILES string of the molecule is C=CCCCN(C)C(=NC)NCCc1cn2cccc(C)c2n1. The first-order valence-electron chi connectivity index (χ1n) is 8.11. The normalized spacial score (nSPS) is 11.7. The average Bonchev–Trinajstić information content (AvgIpc) is 2.96. The molecule has 0 fully saturated rings. The highest BCUT2D eigenvalue weighted by Gasteiger charge is 2.06. The summed E-state index contributed by atoms with van der Waals surface area (Å²) >= 11 is 0. The number of rotatable bonds is 7. The summed E-state index contributed by atoms with van der Waals surface area (Å²) in [5, 5.41) is 3.40. The zero-order chi connectivity index (χ0) is 16.7. The van der Waals surface area contributed by atoms with Gasteiger partial charge in [-0.15, -0.1) is 6.58 Å². The molecule has 1 N–H and O–H groups in total. The van der Waals surface area contributed by atoms with Gasteiger partial charge < -0.3 is 14.6 Å². The van der Waals surface area contributed by atoms with E-state index in [1.807, 2.05) is 25.4 Å². The molecule has 0 bridgehead atoms. The Hall–Kier alpha value is -2.30. The predicted molar refractivity (Wildman–Crippen MR) is 97.1 cm³/mol. The van der Waals surface area contributed by atoms with Gasteiger partial charge in [0.25, 0.3) is 0 Å². The number of hydrogen-bond acceptors (Lipinski definition) is 2. The first-order valence-corrected chi connectivity index (χ1v) is 8.11. The highest BCUT2D eigenvalue weighted by molar-refractivity contribution is 5.79. The van der Waals surface area contributed by atoms with Crippen LogP contribution in [0.2, 0.25) is 0 Å². The number of aryl methyl sites for hydroxylation is 1. The van der Waals surface area contributed by atoms with Crippen molar-refractivity contribution in [3.63, 3.8) is 0 Å². The summed E-state index contributed by atoms with van der Waals surface area (Å²) in [7, 11) is 3.88. The van der Waals surface area contributed by atoms with Crippen LogP contribution in [-0.4, -0.2) is 47.4 Å². The molecule has 124 valence electrons. The number of fused-ring (bicyclic) bond motifs is 1. The quantitative estimate of drug-likeness (QED) is 0.370. The van der Waals surface area contributed by atoms with Gasteiger partial charge >= 0.3 is 0 Å². The van der Waals surface area contributed by atoms with Gasteiger partial charge in [0.05, 0.1) is 5.69 Å². The molecule has 5 nitrogen and oxygen atoms in total. The van der Waals surface area contributed by atoms with E-state index < -0.39 is 0 Å². The second-order valence-electron chi connectivity index (χ2n) is 5.73. The number of pyridine rings is 1. The Morgan fingerprint density at radius 3 is 3.04 bits per heavy atom. The van der Waals surface area contributed by atoms with Crippen LogP contribution in [0.3, 0.4) is 0 Å². The standard InChI is InChI=1S/C18H27N5/c1-5-6-7-12-22(4)18(19-3)20-11-10-16-14-23-13-8-9-15(2)17(23)21-16/h5,8-9,13-14H,1,6-7,10-12H2,2-4H3,(H,19,20). The van der Waals surface area contributed by atoms with Gasteiger partial charge in [-0.25, -0.2) is 4.98 Å². The molecule has 2 rings (SSSR count). The van der Waals surface area contributed by atoms with E-state index in [4.69, 9.17) is 4.98 Å². The number of hydrogen-bond donors (Lipinski definition) is 1. The van der Waals surface area contributed by atoms with Crippen LogP contribution < -0.4 is 5.32 Å². The summed E-state index contributed by atoms with van der Waals surface area (Å²) in [5.41, 5.74) is 3.33. The van der Waals surface area contributed by atoms with Gasteiger partial charge in [0.2, 0.25) is 0 Å². The molecule has 0 spiro atoms. The molecule has 0 aliphatic heterocycles. The fourth-order valence-electron chi connectivity index (χ4n) is 2.59. The van der Waals surface area contributed by atoms with Gasteiger partial charge in [0.15, 0.2) is 5.96 Å². The molecular weight excluding hydrogens is 286 g/mol. The summed E-state index contributed by atoms with van der Waals surface area (Å²) in [4.78, 5) is 11.2. The lowest BCUT2D eigenvalue weighted by Gasteiger charge is -2.21. The fourth-order valence-corrected chi connectivity index (χ4v) is 2.59. The van der Waals surface area contributed by atoms with E-state index in [9.17, 15) is 0 Å². The average molecular weight is 313 g/mol. The van der Waals surface area contributed by atoms with Crippen molar-refractivity contribution in [2.75, 3.05) is 27.2 Å². The zero-order valence-electron chi connectivity index (χ0n) is 14.4. The third-order valence-corrected chi connectivity index (χ3v) is 3.87. The maximum absolute atomic E-state index is 4.70. The molecule has 0 aliphatic rings. The number of aliphatic imine (C=N–C) groups is 1. The highest BCUT2D eigenvalue weighted by atomic mass is 15.3. The molecule has 0 atom stereocenters. The molecule has 0 amide bonds. The van der Waals surface area contributed by atoms with Gasteiger partial charge in [0.1, 0.15) is 5.65 Å². The van der Waals surface area contributed by atoms with E-state index in [1.165, 1.54) is 5.56 Å². The van der Waals surface area contributed by atoms with E-state index in [0.29, 0.717) is 0 Å². The van der Waals surface area contributed by atoms with Gasteiger partial charge in [0, 0.05) is 46.0 Å². The topological polar surface area (TPSA) is 44.9 Å². The summed E-state index contributed by atoms with van der Waals surface area (Å²) < 4.78 is 2.08. The monoisotopic (exact) mass is 313 g/mol. The van der Waals surface area contributed by atoms with Crippen LogP contribution in [0.25, 0.3) is 5.65 Å². The van der Waals surface area contributed by atoms with Gasteiger partial charge in [-0.2, -0.15) is 0 Å². The van der Waals surface area contributed by atoms with Crippen LogP contribution in [0.15, 0.2) is 42.2 Å². The smallest absolute Gasteiger partial charge is 0.193 e. The predicted octanol–water partition coefficient (Wildman–Crippen LogP) is 2.66. The third-order valence-electron chi connectivity index (χ3n) is 3.87. The van der Waals surface area contributed by atoms with Crippen LogP contribution in [0.1, 0.15) is 24.1 Å². The van der Waals surface area contributed by atoms with Crippen molar-refractivity contribution >= 4 is 11.6 Å². The van der Waals surface area contributed by atoms with Crippen molar-refractivity contribution < 1.29 is 0 Å². The third kappa shape index (κ3) is 4.58. The molecule has 23 heavy (non-hydrogen) atoms. The molecule has 2 aromatic rings.